The lowest BCUT2D eigenvalue weighted by Crippen LogP contribution is -2.17. The second kappa shape index (κ2) is 5.22. The van der Waals surface area contributed by atoms with E-state index in [4.69, 9.17) is 4.74 Å². The second-order valence-electron chi connectivity index (χ2n) is 3.77. The van der Waals surface area contributed by atoms with Crippen LogP contribution in [0.25, 0.3) is 11.1 Å². The van der Waals surface area contributed by atoms with Gasteiger partial charge in [-0.25, -0.2) is 0 Å². The van der Waals surface area contributed by atoms with Gasteiger partial charge in [0.05, 0.1) is 7.11 Å². The zero-order chi connectivity index (χ0) is 13.9. The summed E-state index contributed by atoms with van der Waals surface area (Å²) in [6.07, 6.45) is -4.71. The standard InChI is InChI=1S/C14H11F3O2/c1-18-11-8-6-10(7-9-11)12-4-2-3-5-13(12)19-14(15,16)17/h2-9H,1H3. The summed E-state index contributed by atoms with van der Waals surface area (Å²) in [4.78, 5) is 0. The van der Waals surface area contributed by atoms with Crippen molar-refractivity contribution < 1.29 is 22.6 Å². The molecule has 0 aliphatic heterocycles. The lowest BCUT2D eigenvalue weighted by Gasteiger charge is -2.13. The van der Waals surface area contributed by atoms with E-state index in [2.05, 4.69) is 4.74 Å². The third-order valence-corrected chi connectivity index (χ3v) is 2.51. The van der Waals surface area contributed by atoms with Crippen molar-refractivity contribution in [2.24, 2.45) is 0 Å². The fourth-order valence-electron chi connectivity index (χ4n) is 1.69. The first-order chi connectivity index (χ1) is 8.99. The van der Waals surface area contributed by atoms with Gasteiger partial charge in [-0.2, -0.15) is 0 Å². The van der Waals surface area contributed by atoms with Gasteiger partial charge in [0.15, 0.2) is 0 Å². The lowest BCUT2D eigenvalue weighted by atomic mass is 10.0. The third-order valence-electron chi connectivity index (χ3n) is 2.51. The molecule has 100 valence electrons. The first-order valence-electron chi connectivity index (χ1n) is 5.49. The number of hydrogen-bond acceptors (Lipinski definition) is 2. The maximum absolute atomic E-state index is 12.3. The highest BCUT2D eigenvalue weighted by molar-refractivity contribution is 5.70. The topological polar surface area (TPSA) is 18.5 Å². The van der Waals surface area contributed by atoms with Crippen LogP contribution in [0.5, 0.6) is 11.5 Å². The smallest absolute Gasteiger partial charge is 0.497 e. The average molecular weight is 268 g/mol. The van der Waals surface area contributed by atoms with E-state index in [-0.39, 0.29) is 5.75 Å². The Kier molecular flexibility index (Phi) is 3.64. The van der Waals surface area contributed by atoms with Gasteiger partial charge in [-0.15, -0.1) is 13.2 Å². The summed E-state index contributed by atoms with van der Waals surface area (Å²) in [5, 5.41) is 0. The zero-order valence-corrected chi connectivity index (χ0v) is 10.1. The van der Waals surface area contributed by atoms with E-state index in [1.165, 1.54) is 19.2 Å². The van der Waals surface area contributed by atoms with Crippen LogP contribution in [0.3, 0.4) is 0 Å². The van der Waals surface area contributed by atoms with Crippen LogP contribution in [0.1, 0.15) is 0 Å². The van der Waals surface area contributed by atoms with Crippen molar-refractivity contribution in [1.82, 2.24) is 0 Å². The Bertz CT molecular complexity index is 547. The Labute approximate surface area is 108 Å². The molecule has 0 aliphatic carbocycles. The Balaban J connectivity index is 2.38. The van der Waals surface area contributed by atoms with Gasteiger partial charge in [0, 0.05) is 5.56 Å². The highest BCUT2D eigenvalue weighted by Gasteiger charge is 2.32. The lowest BCUT2D eigenvalue weighted by molar-refractivity contribution is -0.274. The van der Waals surface area contributed by atoms with Crippen molar-refractivity contribution in [1.29, 1.82) is 0 Å². The van der Waals surface area contributed by atoms with Gasteiger partial charge in [0.25, 0.3) is 0 Å². The van der Waals surface area contributed by atoms with Gasteiger partial charge in [-0.1, -0.05) is 30.3 Å². The van der Waals surface area contributed by atoms with Crippen LogP contribution in [0.2, 0.25) is 0 Å². The van der Waals surface area contributed by atoms with Gasteiger partial charge >= 0.3 is 6.36 Å². The normalized spacial score (nSPS) is 11.2. The van der Waals surface area contributed by atoms with E-state index >= 15 is 0 Å². The molecule has 0 aliphatic rings. The Hall–Kier alpha value is -2.17. The second-order valence-corrected chi connectivity index (χ2v) is 3.77. The summed E-state index contributed by atoms with van der Waals surface area (Å²) in [6, 6.07) is 12.7. The zero-order valence-electron chi connectivity index (χ0n) is 10.1. The fraction of sp³-hybridized carbons (Fsp3) is 0.143. The van der Waals surface area contributed by atoms with Crippen molar-refractivity contribution in [3.63, 3.8) is 0 Å². The number of rotatable bonds is 3. The molecule has 0 bridgehead atoms. The Morgan fingerprint density at radius 3 is 2.11 bits per heavy atom. The monoisotopic (exact) mass is 268 g/mol. The molecular weight excluding hydrogens is 257 g/mol. The van der Waals surface area contributed by atoms with Crippen molar-refractivity contribution in [3.05, 3.63) is 48.5 Å². The highest BCUT2D eigenvalue weighted by Crippen LogP contribution is 2.34. The third kappa shape index (κ3) is 3.40. The number of alkyl halides is 3. The highest BCUT2D eigenvalue weighted by atomic mass is 19.4. The van der Waals surface area contributed by atoms with E-state index in [0.29, 0.717) is 16.9 Å². The van der Waals surface area contributed by atoms with Gasteiger partial charge in [-0.05, 0) is 23.8 Å². The van der Waals surface area contributed by atoms with E-state index in [9.17, 15) is 13.2 Å². The van der Waals surface area contributed by atoms with Gasteiger partial charge < -0.3 is 9.47 Å². The summed E-state index contributed by atoms with van der Waals surface area (Å²) < 4.78 is 46.0. The van der Waals surface area contributed by atoms with Crippen LogP contribution in [0, 0.1) is 0 Å². The molecule has 0 unspecified atom stereocenters. The molecule has 2 nitrogen and oxygen atoms in total. The Morgan fingerprint density at radius 1 is 0.895 bits per heavy atom. The summed E-state index contributed by atoms with van der Waals surface area (Å²) >= 11 is 0. The quantitative estimate of drug-likeness (QED) is 0.828. The molecule has 0 amide bonds. The van der Waals surface area contributed by atoms with Crippen LogP contribution in [0.15, 0.2) is 48.5 Å². The number of ether oxygens (including phenoxy) is 2. The van der Waals surface area contributed by atoms with Crippen molar-refractivity contribution in [3.8, 4) is 22.6 Å². The molecule has 0 spiro atoms. The molecular formula is C14H11F3O2. The predicted molar refractivity (Wildman–Crippen MR) is 65.1 cm³/mol. The molecule has 0 saturated heterocycles. The van der Waals surface area contributed by atoms with Crippen LogP contribution < -0.4 is 9.47 Å². The van der Waals surface area contributed by atoms with Gasteiger partial charge in [0.2, 0.25) is 0 Å². The summed E-state index contributed by atoms with van der Waals surface area (Å²) in [7, 11) is 1.52. The van der Waals surface area contributed by atoms with Crippen LogP contribution in [-0.2, 0) is 0 Å². The minimum atomic E-state index is -4.71. The summed E-state index contributed by atoms with van der Waals surface area (Å²) in [5.41, 5.74) is 1.00. The van der Waals surface area contributed by atoms with Crippen molar-refractivity contribution in [2.45, 2.75) is 6.36 Å². The molecule has 0 N–H and O–H groups in total. The minimum absolute atomic E-state index is 0.222. The molecule has 2 aromatic rings. The van der Waals surface area contributed by atoms with E-state index < -0.39 is 6.36 Å². The maximum Gasteiger partial charge on any atom is 0.573 e. The molecule has 0 saturated carbocycles. The molecule has 0 fully saturated rings. The van der Waals surface area contributed by atoms with Crippen molar-refractivity contribution in [2.75, 3.05) is 7.11 Å². The van der Waals surface area contributed by atoms with Crippen LogP contribution in [-0.4, -0.2) is 13.5 Å². The molecule has 0 atom stereocenters. The summed E-state index contributed by atoms with van der Waals surface area (Å²) in [5.74, 6) is 0.415. The number of hydrogen-bond donors (Lipinski definition) is 0. The van der Waals surface area contributed by atoms with Gasteiger partial charge in [-0.3, -0.25) is 0 Å². The Morgan fingerprint density at radius 2 is 1.53 bits per heavy atom. The first kappa shape index (κ1) is 13.3. The molecule has 0 heterocycles. The fourth-order valence-corrected chi connectivity index (χ4v) is 1.69. The molecule has 5 heteroatoms. The van der Waals surface area contributed by atoms with Crippen LogP contribution in [0.4, 0.5) is 13.2 Å². The summed E-state index contributed by atoms with van der Waals surface area (Å²) in [6.45, 7) is 0. The van der Waals surface area contributed by atoms with E-state index in [0.717, 1.165) is 0 Å². The van der Waals surface area contributed by atoms with Gasteiger partial charge in [0.1, 0.15) is 11.5 Å². The minimum Gasteiger partial charge on any atom is -0.497 e. The number of para-hydroxylation sites is 1. The van der Waals surface area contributed by atoms with Crippen LogP contribution >= 0.6 is 0 Å². The number of benzene rings is 2. The number of halogens is 3. The molecule has 19 heavy (non-hydrogen) atoms. The molecule has 0 radical (unpaired) electrons. The average Bonchev–Trinajstić information content (AvgIpc) is 2.38. The SMILES string of the molecule is COc1ccc(-c2ccccc2OC(F)(F)F)cc1. The van der Waals surface area contributed by atoms with Crippen molar-refractivity contribution >= 4 is 0 Å². The van der Waals surface area contributed by atoms with E-state index in [1.54, 1.807) is 36.4 Å². The molecule has 2 aromatic carbocycles. The predicted octanol–water partition coefficient (Wildman–Crippen LogP) is 4.26. The largest absolute Gasteiger partial charge is 0.573 e. The number of methoxy groups -OCH3 is 1. The molecule has 2 rings (SSSR count). The maximum atomic E-state index is 12.3. The van der Waals surface area contributed by atoms with E-state index in [1.807, 2.05) is 0 Å². The first-order valence-corrected chi connectivity index (χ1v) is 5.49. The molecule has 0 aromatic heterocycles.